The molecule has 76 valence electrons. The largest absolute Gasteiger partial charge is 0.243 e. The fraction of sp³-hybridized carbons (Fsp3) is 0.385. The van der Waals surface area contributed by atoms with Crippen molar-refractivity contribution in [2.24, 2.45) is 0 Å². The minimum atomic E-state index is -1.26. The summed E-state index contributed by atoms with van der Waals surface area (Å²) in [4.78, 5) is 0. The van der Waals surface area contributed by atoms with E-state index < -0.39 is 5.67 Å². The van der Waals surface area contributed by atoms with Crippen LogP contribution in [0.15, 0.2) is 42.5 Å². The molecule has 1 aromatic carbocycles. The van der Waals surface area contributed by atoms with Crippen LogP contribution in [0.2, 0.25) is 0 Å². The Morgan fingerprint density at radius 2 is 1.79 bits per heavy atom. The van der Waals surface area contributed by atoms with Crippen molar-refractivity contribution >= 4 is 0 Å². The highest BCUT2D eigenvalue weighted by Gasteiger charge is 2.30. The Balaban J connectivity index is 3.08. The molecule has 0 radical (unpaired) electrons. The predicted molar refractivity (Wildman–Crippen MR) is 59.2 cm³/mol. The maximum Gasteiger partial charge on any atom is 0.116 e. The molecule has 1 unspecified atom stereocenters. The highest BCUT2D eigenvalue weighted by Crippen LogP contribution is 2.36. The van der Waals surface area contributed by atoms with Gasteiger partial charge >= 0.3 is 0 Å². The molecular weight excluding hydrogens is 175 g/mol. The van der Waals surface area contributed by atoms with Crippen molar-refractivity contribution in [3.05, 3.63) is 48.0 Å². The van der Waals surface area contributed by atoms with Crippen molar-refractivity contribution in [2.75, 3.05) is 0 Å². The lowest BCUT2D eigenvalue weighted by atomic mass is 9.81. The zero-order valence-corrected chi connectivity index (χ0v) is 9.05. The maximum atomic E-state index is 13.9. The molecule has 1 heteroatoms. The van der Waals surface area contributed by atoms with Gasteiger partial charge in [-0.15, -0.1) is 0 Å². The molecule has 0 nitrogen and oxygen atoms in total. The lowest BCUT2D eigenvalue weighted by Gasteiger charge is -2.27. The van der Waals surface area contributed by atoms with Crippen LogP contribution < -0.4 is 0 Å². The van der Waals surface area contributed by atoms with Gasteiger partial charge in [0.15, 0.2) is 0 Å². The van der Waals surface area contributed by atoms with Crippen LogP contribution in [0.25, 0.3) is 0 Å². The van der Waals surface area contributed by atoms with Crippen LogP contribution in [0.1, 0.15) is 32.3 Å². The third kappa shape index (κ3) is 2.44. The van der Waals surface area contributed by atoms with Gasteiger partial charge in [0.25, 0.3) is 0 Å². The molecule has 1 atom stereocenters. The summed E-state index contributed by atoms with van der Waals surface area (Å²) >= 11 is 0. The van der Waals surface area contributed by atoms with Crippen molar-refractivity contribution in [3.63, 3.8) is 0 Å². The highest BCUT2D eigenvalue weighted by atomic mass is 19.1. The summed E-state index contributed by atoms with van der Waals surface area (Å²) in [5.41, 5.74) is 0.601. The average molecular weight is 192 g/mol. The Bertz CT molecular complexity index is 306. The molecule has 14 heavy (non-hydrogen) atoms. The summed E-state index contributed by atoms with van der Waals surface area (Å²) < 4.78 is 13.9. The molecule has 0 N–H and O–H groups in total. The summed E-state index contributed by atoms with van der Waals surface area (Å²) in [7, 11) is 0. The summed E-state index contributed by atoms with van der Waals surface area (Å²) in [6.45, 7) is 8.93. The fourth-order valence-electron chi connectivity index (χ4n) is 1.91. The normalized spacial score (nSPS) is 13.7. The number of rotatable bonds is 3. The second kappa shape index (κ2) is 3.95. The molecule has 0 aliphatic rings. The Hall–Kier alpha value is -1.11. The lowest BCUT2D eigenvalue weighted by molar-refractivity contribution is 0.188. The quantitative estimate of drug-likeness (QED) is 0.633. The van der Waals surface area contributed by atoms with Gasteiger partial charge in [0.05, 0.1) is 0 Å². The van der Waals surface area contributed by atoms with Crippen LogP contribution in [0.5, 0.6) is 0 Å². The van der Waals surface area contributed by atoms with E-state index in [4.69, 9.17) is 0 Å². The van der Waals surface area contributed by atoms with E-state index in [1.165, 1.54) is 0 Å². The molecule has 0 spiro atoms. The average Bonchev–Trinajstić information content (AvgIpc) is 2.02. The molecule has 1 rings (SSSR count). The van der Waals surface area contributed by atoms with E-state index in [-0.39, 0.29) is 5.92 Å². The van der Waals surface area contributed by atoms with E-state index in [1.54, 1.807) is 13.8 Å². The Kier molecular flexibility index (Phi) is 3.10. The lowest BCUT2D eigenvalue weighted by Crippen LogP contribution is -2.24. The third-order valence-electron chi connectivity index (χ3n) is 2.31. The van der Waals surface area contributed by atoms with E-state index in [0.29, 0.717) is 0 Å². The van der Waals surface area contributed by atoms with Crippen LogP contribution in [-0.4, -0.2) is 5.67 Å². The number of allylic oxidation sites excluding steroid dienone is 1. The predicted octanol–water partition coefficient (Wildman–Crippen LogP) is 4.09. The summed E-state index contributed by atoms with van der Waals surface area (Å²) in [6, 6.07) is 9.68. The molecule has 0 heterocycles. The zero-order chi connectivity index (χ0) is 10.8. The third-order valence-corrected chi connectivity index (χ3v) is 2.31. The van der Waals surface area contributed by atoms with Crippen molar-refractivity contribution < 1.29 is 4.39 Å². The number of halogens is 1. The Labute approximate surface area is 85.5 Å². The first-order valence-corrected chi connectivity index (χ1v) is 4.82. The summed E-state index contributed by atoms with van der Waals surface area (Å²) in [5, 5.41) is 0. The van der Waals surface area contributed by atoms with Gasteiger partial charge in [-0.3, -0.25) is 0 Å². The van der Waals surface area contributed by atoms with Crippen LogP contribution in [0.4, 0.5) is 4.39 Å². The van der Waals surface area contributed by atoms with Gasteiger partial charge < -0.3 is 0 Å². The number of hydrogen-bond acceptors (Lipinski definition) is 0. The first kappa shape index (κ1) is 11.0. The molecule has 0 amide bonds. The maximum absolute atomic E-state index is 13.9. The van der Waals surface area contributed by atoms with Gasteiger partial charge in [-0.2, -0.15) is 0 Å². The molecule has 0 saturated carbocycles. The molecule has 1 aromatic rings. The van der Waals surface area contributed by atoms with Crippen molar-refractivity contribution in [1.29, 1.82) is 0 Å². The minimum Gasteiger partial charge on any atom is -0.243 e. The number of alkyl halides is 1. The zero-order valence-electron chi connectivity index (χ0n) is 9.05. The standard InChI is InChI=1S/C13H17F/c1-10(2)12(13(3,4)14)11-8-6-5-7-9-11/h5-9,12H,1H2,2-4H3. The van der Waals surface area contributed by atoms with Crippen LogP contribution >= 0.6 is 0 Å². The highest BCUT2D eigenvalue weighted by molar-refractivity contribution is 5.30. The van der Waals surface area contributed by atoms with Gasteiger partial charge in [0.2, 0.25) is 0 Å². The monoisotopic (exact) mass is 192 g/mol. The molecular formula is C13H17F. The van der Waals surface area contributed by atoms with Gasteiger partial charge in [-0.1, -0.05) is 42.5 Å². The molecule has 0 fully saturated rings. The molecule has 0 aromatic heterocycles. The van der Waals surface area contributed by atoms with Gasteiger partial charge in [0, 0.05) is 5.92 Å². The summed E-state index contributed by atoms with van der Waals surface area (Å²) in [5.74, 6) is -0.219. The number of hydrogen-bond donors (Lipinski definition) is 0. The minimum absolute atomic E-state index is 0.219. The summed E-state index contributed by atoms with van der Waals surface area (Å²) in [6.07, 6.45) is 0. The second-order valence-electron chi connectivity index (χ2n) is 4.25. The van der Waals surface area contributed by atoms with Crippen LogP contribution in [0.3, 0.4) is 0 Å². The molecule has 0 aliphatic heterocycles. The van der Waals surface area contributed by atoms with E-state index in [2.05, 4.69) is 6.58 Å². The van der Waals surface area contributed by atoms with E-state index in [1.807, 2.05) is 37.3 Å². The van der Waals surface area contributed by atoms with Crippen molar-refractivity contribution in [1.82, 2.24) is 0 Å². The Morgan fingerprint density at radius 1 is 1.29 bits per heavy atom. The van der Waals surface area contributed by atoms with Gasteiger partial charge in [-0.25, -0.2) is 4.39 Å². The SMILES string of the molecule is C=C(C)C(c1ccccc1)C(C)(C)F. The number of benzene rings is 1. The molecule has 0 aliphatic carbocycles. The topological polar surface area (TPSA) is 0 Å². The van der Waals surface area contributed by atoms with Crippen molar-refractivity contribution in [2.45, 2.75) is 32.4 Å². The van der Waals surface area contributed by atoms with E-state index in [0.717, 1.165) is 11.1 Å². The first-order chi connectivity index (χ1) is 6.43. The van der Waals surface area contributed by atoms with E-state index >= 15 is 0 Å². The fourth-order valence-corrected chi connectivity index (χ4v) is 1.91. The smallest absolute Gasteiger partial charge is 0.116 e. The van der Waals surface area contributed by atoms with E-state index in [9.17, 15) is 4.39 Å². The van der Waals surface area contributed by atoms with Gasteiger partial charge in [0.1, 0.15) is 5.67 Å². The van der Waals surface area contributed by atoms with Crippen LogP contribution in [-0.2, 0) is 0 Å². The van der Waals surface area contributed by atoms with Crippen molar-refractivity contribution in [3.8, 4) is 0 Å². The second-order valence-corrected chi connectivity index (χ2v) is 4.25. The molecule has 0 saturated heterocycles. The van der Waals surface area contributed by atoms with Crippen LogP contribution in [0, 0.1) is 0 Å². The van der Waals surface area contributed by atoms with Gasteiger partial charge in [-0.05, 0) is 26.3 Å². The first-order valence-electron chi connectivity index (χ1n) is 4.82. The Morgan fingerprint density at radius 3 is 2.14 bits per heavy atom. The molecule has 0 bridgehead atoms.